The Hall–Kier alpha value is -1.30. The third kappa shape index (κ3) is 7.66. The van der Waals surface area contributed by atoms with E-state index in [0.717, 1.165) is 17.9 Å². The van der Waals surface area contributed by atoms with Gasteiger partial charge in [0.1, 0.15) is 11.6 Å². The number of rotatable bonds is 6. The molecule has 0 rings (SSSR count). The predicted octanol–water partition coefficient (Wildman–Crippen LogP) is 2.09. The highest BCUT2D eigenvalue weighted by atomic mass is 16.7. The molecule has 0 fully saturated rings. The third-order valence-corrected chi connectivity index (χ3v) is 2.42. The van der Waals surface area contributed by atoms with Crippen molar-refractivity contribution in [3.63, 3.8) is 0 Å². The summed E-state index contributed by atoms with van der Waals surface area (Å²) < 4.78 is 5.15. The Labute approximate surface area is 115 Å². The monoisotopic (exact) mass is 274 g/mol. The highest BCUT2D eigenvalue weighted by Gasteiger charge is 2.26. The number of hydrogen-bond donors (Lipinski definition) is 1. The van der Waals surface area contributed by atoms with Gasteiger partial charge in [0.25, 0.3) is 5.91 Å². The number of alkyl carbamates (subject to hydrolysis) is 1. The normalized spacial score (nSPS) is 12.7. The van der Waals surface area contributed by atoms with E-state index in [9.17, 15) is 9.59 Å². The first-order chi connectivity index (χ1) is 8.71. The topological polar surface area (TPSA) is 67.9 Å². The maximum Gasteiger partial charge on any atom is 0.408 e. The van der Waals surface area contributed by atoms with Crippen molar-refractivity contribution >= 4 is 12.0 Å². The van der Waals surface area contributed by atoms with E-state index in [0.29, 0.717) is 6.42 Å². The molecule has 19 heavy (non-hydrogen) atoms. The van der Waals surface area contributed by atoms with Crippen LogP contribution in [0.1, 0.15) is 47.0 Å². The quantitative estimate of drug-likeness (QED) is 0.753. The number of carbonyl (C=O) groups is 2. The summed E-state index contributed by atoms with van der Waals surface area (Å²) in [5, 5.41) is 3.70. The van der Waals surface area contributed by atoms with Crippen LogP contribution in [0.25, 0.3) is 0 Å². The summed E-state index contributed by atoms with van der Waals surface area (Å²) in [6, 6.07) is -0.625. The Kier molecular flexibility index (Phi) is 7.44. The minimum atomic E-state index is -0.625. The van der Waals surface area contributed by atoms with E-state index in [2.05, 4.69) is 5.32 Å². The number of amides is 2. The summed E-state index contributed by atoms with van der Waals surface area (Å²) in [7, 11) is 2.92. The number of ether oxygens (including phenoxy) is 1. The second-order valence-corrected chi connectivity index (χ2v) is 5.36. The summed E-state index contributed by atoms with van der Waals surface area (Å²) in [5.74, 6) is -0.290. The SMILES string of the molecule is CCCC[C@@H](NC(=O)OC(C)(C)C)C(=O)N(C)OC. The second kappa shape index (κ2) is 7.99. The second-order valence-electron chi connectivity index (χ2n) is 5.36. The van der Waals surface area contributed by atoms with Gasteiger partial charge in [0.15, 0.2) is 0 Å². The molecule has 1 N–H and O–H groups in total. The molecule has 0 aromatic heterocycles. The molecule has 0 radical (unpaired) electrons. The van der Waals surface area contributed by atoms with Crippen molar-refractivity contribution in [1.29, 1.82) is 0 Å². The fourth-order valence-corrected chi connectivity index (χ4v) is 1.42. The van der Waals surface area contributed by atoms with Crippen LogP contribution < -0.4 is 5.32 Å². The van der Waals surface area contributed by atoms with Crippen molar-refractivity contribution in [1.82, 2.24) is 10.4 Å². The van der Waals surface area contributed by atoms with Crippen molar-refractivity contribution in [3.05, 3.63) is 0 Å². The zero-order chi connectivity index (χ0) is 15.1. The van der Waals surface area contributed by atoms with Crippen molar-refractivity contribution in [2.24, 2.45) is 0 Å². The summed E-state index contributed by atoms with van der Waals surface area (Å²) in [6.07, 6.45) is 1.74. The van der Waals surface area contributed by atoms with Gasteiger partial charge in [-0.15, -0.1) is 0 Å². The van der Waals surface area contributed by atoms with E-state index >= 15 is 0 Å². The first-order valence-electron chi connectivity index (χ1n) is 6.52. The van der Waals surface area contributed by atoms with Gasteiger partial charge in [0.05, 0.1) is 7.11 Å². The Bertz CT molecular complexity index is 300. The molecular weight excluding hydrogens is 248 g/mol. The Morgan fingerprint density at radius 1 is 1.32 bits per heavy atom. The first kappa shape index (κ1) is 17.7. The molecule has 0 heterocycles. The molecule has 0 aliphatic carbocycles. The van der Waals surface area contributed by atoms with Crippen LogP contribution in [-0.4, -0.2) is 42.9 Å². The van der Waals surface area contributed by atoms with Gasteiger partial charge in [0.2, 0.25) is 0 Å². The summed E-state index contributed by atoms with van der Waals surface area (Å²) in [6.45, 7) is 7.35. The Morgan fingerprint density at radius 3 is 2.32 bits per heavy atom. The maximum atomic E-state index is 12.0. The fourth-order valence-electron chi connectivity index (χ4n) is 1.42. The molecule has 0 bridgehead atoms. The van der Waals surface area contributed by atoms with Gasteiger partial charge in [0, 0.05) is 7.05 Å². The molecule has 0 spiro atoms. The molecule has 1 atom stereocenters. The molecule has 0 saturated carbocycles. The lowest BCUT2D eigenvalue weighted by molar-refractivity contribution is -0.171. The molecule has 0 aliphatic heterocycles. The number of nitrogens with one attached hydrogen (secondary N) is 1. The van der Waals surface area contributed by atoms with Crippen LogP contribution in [0.3, 0.4) is 0 Å². The standard InChI is InChI=1S/C13H26N2O4/c1-7-8-9-10(11(16)15(5)18-6)14-12(17)19-13(2,3)4/h10H,7-9H2,1-6H3,(H,14,17)/t10-/m1/s1. The maximum absolute atomic E-state index is 12.0. The third-order valence-electron chi connectivity index (χ3n) is 2.42. The summed E-state index contributed by atoms with van der Waals surface area (Å²) >= 11 is 0. The van der Waals surface area contributed by atoms with Crippen molar-refractivity contribution < 1.29 is 19.2 Å². The fraction of sp³-hybridized carbons (Fsp3) is 0.846. The van der Waals surface area contributed by atoms with Gasteiger partial charge < -0.3 is 10.1 Å². The lowest BCUT2D eigenvalue weighted by atomic mass is 10.1. The van der Waals surface area contributed by atoms with Crippen LogP contribution >= 0.6 is 0 Å². The van der Waals surface area contributed by atoms with E-state index in [1.54, 1.807) is 20.8 Å². The molecule has 0 aromatic rings. The van der Waals surface area contributed by atoms with Crippen LogP contribution in [0.15, 0.2) is 0 Å². The van der Waals surface area contributed by atoms with E-state index in [1.165, 1.54) is 14.2 Å². The molecule has 112 valence electrons. The lowest BCUT2D eigenvalue weighted by Crippen LogP contribution is -2.48. The zero-order valence-electron chi connectivity index (χ0n) is 12.8. The van der Waals surface area contributed by atoms with Crippen molar-refractivity contribution in [3.8, 4) is 0 Å². The van der Waals surface area contributed by atoms with Crippen LogP contribution in [0.5, 0.6) is 0 Å². The summed E-state index contributed by atoms with van der Waals surface area (Å²) in [5.41, 5.74) is -0.588. The minimum absolute atomic E-state index is 0.290. The minimum Gasteiger partial charge on any atom is -0.444 e. The molecule has 0 saturated heterocycles. The Balaban J connectivity index is 4.59. The zero-order valence-corrected chi connectivity index (χ0v) is 12.8. The molecule has 6 nitrogen and oxygen atoms in total. The highest BCUT2D eigenvalue weighted by Crippen LogP contribution is 2.09. The number of hydroxylamine groups is 2. The average molecular weight is 274 g/mol. The average Bonchev–Trinajstić information content (AvgIpc) is 2.30. The highest BCUT2D eigenvalue weighted by molar-refractivity contribution is 5.84. The van der Waals surface area contributed by atoms with E-state index in [4.69, 9.17) is 9.57 Å². The van der Waals surface area contributed by atoms with Gasteiger partial charge in [-0.3, -0.25) is 9.63 Å². The van der Waals surface area contributed by atoms with Gasteiger partial charge >= 0.3 is 6.09 Å². The number of carbonyl (C=O) groups excluding carboxylic acids is 2. The smallest absolute Gasteiger partial charge is 0.408 e. The van der Waals surface area contributed by atoms with E-state index in [-0.39, 0.29) is 5.91 Å². The van der Waals surface area contributed by atoms with Gasteiger partial charge in [-0.2, -0.15) is 0 Å². The molecule has 0 unspecified atom stereocenters. The molecule has 0 aromatic carbocycles. The summed E-state index contributed by atoms with van der Waals surface area (Å²) in [4.78, 5) is 28.6. The van der Waals surface area contributed by atoms with Crippen LogP contribution in [0.4, 0.5) is 4.79 Å². The van der Waals surface area contributed by atoms with Crippen LogP contribution in [-0.2, 0) is 14.4 Å². The van der Waals surface area contributed by atoms with Gasteiger partial charge in [-0.05, 0) is 27.2 Å². The van der Waals surface area contributed by atoms with E-state index < -0.39 is 17.7 Å². The van der Waals surface area contributed by atoms with E-state index in [1.807, 2.05) is 6.92 Å². The number of nitrogens with zero attached hydrogens (tertiary/aromatic N) is 1. The number of unbranched alkanes of at least 4 members (excludes halogenated alkanes) is 1. The first-order valence-corrected chi connectivity index (χ1v) is 6.52. The van der Waals surface area contributed by atoms with Crippen molar-refractivity contribution in [2.45, 2.75) is 58.6 Å². The number of hydrogen-bond acceptors (Lipinski definition) is 4. The van der Waals surface area contributed by atoms with Crippen LogP contribution in [0, 0.1) is 0 Å². The molecule has 0 aliphatic rings. The van der Waals surface area contributed by atoms with Crippen LogP contribution in [0.2, 0.25) is 0 Å². The van der Waals surface area contributed by atoms with Crippen molar-refractivity contribution in [2.75, 3.05) is 14.2 Å². The lowest BCUT2D eigenvalue weighted by Gasteiger charge is -2.25. The predicted molar refractivity (Wildman–Crippen MR) is 72.5 cm³/mol. The van der Waals surface area contributed by atoms with Gasteiger partial charge in [-0.25, -0.2) is 9.86 Å². The molecule has 6 heteroatoms. The molecule has 2 amide bonds. The number of likely N-dealkylation sites (N-methyl/N-ethyl adjacent to an activating group) is 1. The largest absolute Gasteiger partial charge is 0.444 e. The Morgan fingerprint density at radius 2 is 1.89 bits per heavy atom. The van der Waals surface area contributed by atoms with Gasteiger partial charge in [-0.1, -0.05) is 19.8 Å². The molecular formula is C13H26N2O4.